The predicted octanol–water partition coefficient (Wildman–Crippen LogP) is 3.04. The van der Waals surface area contributed by atoms with Gasteiger partial charge in [0.25, 0.3) is 0 Å². The monoisotopic (exact) mass is 297 g/mol. The van der Waals surface area contributed by atoms with Crippen LogP contribution in [0.3, 0.4) is 0 Å². The van der Waals surface area contributed by atoms with Crippen molar-refractivity contribution in [3.8, 4) is 0 Å². The van der Waals surface area contributed by atoms with Crippen molar-refractivity contribution >= 4 is 0 Å². The fourth-order valence-corrected chi connectivity index (χ4v) is 1.84. The van der Waals surface area contributed by atoms with Gasteiger partial charge < -0.3 is 9.47 Å². The van der Waals surface area contributed by atoms with E-state index >= 15 is 0 Å². The zero-order valence-electron chi connectivity index (χ0n) is 14.6. The molecule has 122 valence electrons. The molecule has 0 amide bonds. The lowest BCUT2D eigenvalue weighted by molar-refractivity contribution is -0.00336. The summed E-state index contributed by atoms with van der Waals surface area (Å²) in [7, 11) is 0. The molecular formula is C16H31N3O2. The minimum absolute atomic E-state index is 0.0381. The Morgan fingerprint density at radius 1 is 1.05 bits per heavy atom. The molecule has 0 aromatic carbocycles. The maximum absolute atomic E-state index is 5.75. The molecule has 5 nitrogen and oxygen atoms in total. The molecule has 0 saturated carbocycles. The summed E-state index contributed by atoms with van der Waals surface area (Å²) in [5, 5.41) is 8.49. The van der Waals surface area contributed by atoms with Gasteiger partial charge in [-0.1, -0.05) is 5.21 Å². The lowest BCUT2D eigenvalue weighted by Crippen LogP contribution is -2.23. The van der Waals surface area contributed by atoms with Crippen molar-refractivity contribution < 1.29 is 9.47 Å². The summed E-state index contributed by atoms with van der Waals surface area (Å²) in [5.41, 5.74) is 0.957. The number of hydrogen-bond donors (Lipinski definition) is 0. The first-order valence-electron chi connectivity index (χ1n) is 7.83. The van der Waals surface area contributed by atoms with Crippen molar-refractivity contribution in [1.29, 1.82) is 0 Å². The Balaban J connectivity index is 2.63. The average Bonchev–Trinajstić information content (AvgIpc) is 2.80. The quantitative estimate of drug-likeness (QED) is 0.740. The van der Waals surface area contributed by atoms with Crippen molar-refractivity contribution in [3.05, 3.63) is 11.9 Å². The highest BCUT2D eigenvalue weighted by Crippen LogP contribution is 2.15. The number of ether oxygens (including phenoxy) is 2. The fourth-order valence-electron chi connectivity index (χ4n) is 1.84. The van der Waals surface area contributed by atoms with E-state index in [0.29, 0.717) is 19.1 Å². The summed E-state index contributed by atoms with van der Waals surface area (Å²) in [6, 6.07) is 0. The van der Waals surface area contributed by atoms with Gasteiger partial charge in [0.1, 0.15) is 0 Å². The molecule has 0 aliphatic heterocycles. The van der Waals surface area contributed by atoms with Gasteiger partial charge in [0.05, 0.1) is 36.7 Å². The van der Waals surface area contributed by atoms with Gasteiger partial charge in [-0.2, -0.15) is 0 Å². The van der Waals surface area contributed by atoms with Gasteiger partial charge in [0.15, 0.2) is 0 Å². The van der Waals surface area contributed by atoms with Gasteiger partial charge in [0.2, 0.25) is 0 Å². The number of nitrogens with zero attached hydrogens (tertiary/aromatic N) is 3. The second-order valence-corrected chi connectivity index (χ2v) is 7.16. The standard InChI is InChI=1S/C16H31N3O2/c1-12(2)20-10-14(11-21-13(3)4)8-15-9-19(18-17-15)16(5,6)7/h9,12-14H,8,10-11H2,1-7H3. The lowest BCUT2D eigenvalue weighted by atomic mass is 10.1. The van der Waals surface area contributed by atoms with E-state index in [0.717, 1.165) is 12.1 Å². The summed E-state index contributed by atoms with van der Waals surface area (Å²) < 4.78 is 13.4. The largest absolute Gasteiger partial charge is 0.378 e. The summed E-state index contributed by atoms with van der Waals surface area (Å²) >= 11 is 0. The normalized spacial score (nSPS) is 12.9. The van der Waals surface area contributed by atoms with Crippen LogP contribution in [0.2, 0.25) is 0 Å². The second kappa shape index (κ2) is 7.90. The Hall–Kier alpha value is -0.940. The molecule has 0 aliphatic carbocycles. The topological polar surface area (TPSA) is 49.2 Å². The van der Waals surface area contributed by atoms with E-state index in [1.54, 1.807) is 0 Å². The van der Waals surface area contributed by atoms with E-state index in [2.05, 4.69) is 58.8 Å². The Kier molecular flexibility index (Phi) is 6.81. The van der Waals surface area contributed by atoms with Gasteiger partial charge in [-0.15, -0.1) is 5.10 Å². The average molecular weight is 297 g/mol. The molecule has 1 aromatic heterocycles. The first kappa shape index (κ1) is 18.1. The molecule has 0 fully saturated rings. The third-order valence-electron chi connectivity index (χ3n) is 3.06. The summed E-state index contributed by atoms with van der Waals surface area (Å²) in [5.74, 6) is 0.305. The van der Waals surface area contributed by atoms with Crippen LogP contribution >= 0.6 is 0 Å². The zero-order valence-corrected chi connectivity index (χ0v) is 14.6. The maximum atomic E-state index is 5.75. The smallest absolute Gasteiger partial charge is 0.0831 e. The molecule has 0 bridgehead atoms. The Bertz CT molecular complexity index is 396. The predicted molar refractivity (Wildman–Crippen MR) is 84.4 cm³/mol. The van der Waals surface area contributed by atoms with Crippen molar-refractivity contribution in [2.75, 3.05) is 13.2 Å². The number of hydrogen-bond acceptors (Lipinski definition) is 4. The summed E-state index contributed by atoms with van der Waals surface area (Å²) in [4.78, 5) is 0. The van der Waals surface area contributed by atoms with Crippen molar-refractivity contribution in [2.45, 2.75) is 72.6 Å². The van der Waals surface area contributed by atoms with Gasteiger partial charge in [0, 0.05) is 18.5 Å². The second-order valence-electron chi connectivity index (χ2n) is 7.16. The van der Waals surface area contributed by atoms with Crippen LogP contribution in [0.25, 0.3) is 0 Å². The van der Waals surface area contributed by atoms with Crippen molar-refractivity contribution in [1.82, 2.24) is 15.0 Å². The van der Waals surface area contributed by atoms with Crippen LogP contribution in [0.1, 0.15) is 54.2 Å². The van der Waals surface area contributed by atoms with Crippen LogP contribution in [-0.2, 0) is 21.4 Å². The third-order valence-corrected chi connectivity index (χ3v) is 3.06. The molecule has 0 atom stereocenters. The van der Waals surface area contributed by atoms with Crippen LogP contribution in [0.4, 0.5) is 0 Å². The van der Waals surface area contributed by atoms with Crippen molar-refractivity contribution in [3.63, 3.8) is 0 Å². The van der Waals surface area contributed by atoms with E-state index in [9.17, 15) is 0 Å². The molecule has 0 radical (unpaired) electrons. The summed E-state index contributed by atoms with van der Waals surface area (Å²) in [6.45, 7) is 15.9. The molecule has 0 spiro atoms. The third kappa shape index (κ3) is 7.05. The zero-order chi connectivity index (χ0) is 16.0. The molecule has 21 heavy (non-hydrogen) atoms. The van der Waals surface area contributed by atoms with E-state index in [1.165, 1.54) is 0 Å². The first-order valence-corrected chi connectivity index (χ1v) is 7.83. The van der Waals surface area contributed by atoms with Crippen LogP contribution < -0.4 is 0 Å². The number of rotatable bonds is 8. The lowest BCUT2D eigenvalue weighted by Gasteiger charge is -2.19. The first-order chi connectivity index (χ1) is 9.68. The molecule has 1 rings (SSSR count). The maximum Gasteiger partial charge on any atom is 0.0831 e. The molecule has 1 heterocycles. The molecule has 0 saturated heterocycles. The van der Waals surface area contributed by atoms with Gasteiger partial charge >= 0.3 is 0 Å². The highest BCUT2D eigenvalue weighted by Gasteiger charge is 2.18. The number of aromatic nitrogens is 3. The minimum atomic E-state index is -0.0381. The Morgan fingerprint density at radius 2 is 1.57 bits per heavy atom. The van der Waals surface area contributed by atoms with Gasteiger partial charge in [-0.25, -0.2) is 4.68 Å². The van der Waals surface area contributed by atoms with Crippen molar-refractivity contribution in [2.24, 2.45) is 5.92 Å². The van der Waals surface area contributed by atoms with Gasteiger partial charge in [-0.3, -0.25) is 0 Å². The molecule has 0 N–H and O–H groups in total. The van der Waals surface area contributed by atoms with E-state index in [-0.39, 0.29) is 17.7 Å². The molecule has 1 aromatic rings. The fraction of sp³-hybridized carbons (Fsp3) is 0.875. The van der Waals surface area contributed by atoms with E-state index < -0.39 is 0 Å². The molecule has 5 heteroatoms. The SMILES string of the molecule is CC(C)OCC(COC(C)C)Cc1cn(C(C)(C)C)nn1. The van der Waals surface area contributed by atoms with E-state index in [4.69, 9.17) is 9.47 Å². The summed E-state index contributed by atoms with van der Waals surface area (Å²) in [6.07, 6.45) is 3.32. The van der Waals surface area contributed by atoms with Crippen LogP contribution in [0.5, 0.6) is 0 Å². The molecule has 0 unspecified atom stereocenters. The van der Waals surface area contributed by atoms with Crippen LogP contribution in [0, 0.1) is 5.92 Å². The van der Waals surface area contributed by atoms with Crippen LogP contribution in [0.15, 0.2) is 6.20 Å². The molecule has 0 aliphatic rings. The molecular weight excluding hydrogens is 266 g/mol. The highest BCUT2D eigenvalue weighted by molar-refractivity contribution is 4.96. The Labute approximate surface area is 129 Å². The minimum Gasteiger partial charge on any atom is -0.378 e. The highest BCUT2D eigenvalue weighted by atomic mass is 16.5. The Morgan fingerprint density at radius 3 is 1.95 bits per heavy atom. The van der Waals surface area contributed by atoms with Gasteiger partial charge in [-0.05, 0) is 48.5 Å². The van der Waals surface area contributed by atoms with Crippen LogP contribution in [-0.4, -0.2) is 40.4 Å². The van der Waals surface area contributed by atoms with E-state index in [1.807, 2.05) is 10.9 Å².